The van der Waals surface area contributed by atoms with Crippen molar-refractivity contribution in [2.75, 3.05) is 0 Å². The average Bonchev–Trinajstić information content (AvgIpc) is 2.62. The Morgan fingerprint density at radius 1 is 1.38 bits per heavy atom. The summed E-state index contributed by atoms with van der Waals surface area (Å²) >= 11 is 5.74. The predicted octanol–water partition coefficient (Wildman–Crippen LogP) is 2.90. The molecule has 1 atom stereocenters. The molecule has 1 N–H and O–H groups in total. The molecule has 0 unspecified atom stereocenters. The Morgan fingerprint density at radius 3 is 2.69 bits per heavy atom. The lowest BCUT2D eigenvalue weighted by Crippen LogP contribution is -2.05. The van der Waals surface area contributed by atoms with Crippen molar-refractivity contribution in [1.82, 2.24) is 4.57 Å². The van der Waals surface area contributed by atoms with E-state index in [0.717, 1.165) is 0 Å². The van der Waals surface area contributed by atoms with Gasteiger partial charge in [0.1, 0.15) is 11.9 Å². The number of rotatable bonds is 2. The van der Waals surface area contributed by atoms with E-state index < -0.39 is 11.9 Å². The van der Waals surface area contributed by atoms with Crippen LogP contribution in [-0.2, 0) is 7.05 Å². The number of benzene rings is 1. The third kappa shape index (κ3) is 2.10. The van der Waals surface area contributed by atoms with Gasteiger partial charge in [-0.1, -0.05) is 11.6 Å². The van der Waals surface area contributed by atoms with Crippen LogP contribution >= 0.6 is 11.6 Å². The van der Waals surface area contributed by atoms with E-state index in [-0.39, 0.29) is 5.02 Å². The van der Waals surface area contributed by atoms with E-state index in [4.69, 9.17) is 11.6 Å². The van der Waals surface area contributed by atoms with Crippen LogP contribution in [0.15, 0.2) is 36.5 Å². The highest BCUT2D eigenvalue weighted by Crippen LogP contribution is 2.25. The van der Waals surface area contributed by atoms with E-state index in [0.29, 0.717) is 11.3 Å². The van der Waals surface area contributed by atoms with Gasteiger partial charge in [0.2, 0.25) is 0 Å². The van der Waals surface area contributed by atoms with Crippen molar-refractivity contribution in [2.24, 2.45) is 7.05 Å². The summed E-state index contributed by atoms with van der Waals surface area (Å²) in [6.07, 6.45) is 0.951. The van der Waals surface area contributed by atoms with E-state index in [2.05, 4.69) is 0 Å². The van der Waals surface area contributed by atoms with Crippen molar-refractivity contribution < 1.29 is 9.50 Å². The molecular formula is C12H11ClFNO. The Labute approximate surface area is 97.9 Å². The molecule has 0 aliphatic heterocycles. The number of halogens is 2. The molecule has 0 aliphatic carbocycles. The van der Waals surface area contributed by atoms with Crippen LogP contribution < -0.4 is 0 Å². The smallest absolute Gasteiger partial charge is 0.125 e. The minimum absolute atomic E-state index is 0.281. The zero-order valence-corrected chi connectivity index (χ0v) is 9.45. The van der Waals surface area contributed by atoms with Gasteiger partial charge in [-0.05, 0) is 35.9 Å². The average molecular weight is 240 g/mol. The monoisotopic (exact) mass is 239 g/mol. The summed E-state index contributed by atoms with van der Waals surface area (Å²) in [5.41, 5.74) is 1.15. The SMILES string of the molecule is Cn1cccc1[C@H](O)c1cc(F)cc(Cl)c1. The van der Waals surface area contributed by atoms with Gasteiger partial charge >= 0.3 is 0 Å². The molecule has 0 bridgehead atoms. The van der Waals surface area contributed by atoms with Crippen LogP contribution in [0, 0.1) is 5.82 Å². The number of aliphatic hydroxyl groups is 1. The Balaban J connectivity index is 2.41. The first kappa shape index (κ1) is 11.2. The summed E-state index contributed by atoms with van der Waals surface area (Å²) in [4.78, 5) is 0. The molecule has 1 heterocycles. The predicted molar refractivity (Wildman–Crippen MR) is 60.9 cm³/mol. The van der Waals surface area contributed by atoms with Crippen molar-refractivity contribution >= 4 is 11.6 Å². The van der Waals surface area contributed by atoms with Gasteiger partial charge in [-0.25, -0.2) is 4.39 Å². The lowest BCUT2D eigenvalue weighted by Gasteiger charge is -2.12. The van der Waals surface area contributed by atoms with Crippen LogP contribution in [0.2, 0.25) is 5.02 Å². The standard InChI is InChI=1S/C12H11ClFNO/c1-15-4-2-3-11(15)12(16)8-5-9(13)7-10(14)6-8/h2-7,12,16H,1H3/t12-/m1/s1. The summed E-state index contributed by atoms with van der Waals surface area (Å²) in [5, 5.41) is 10.3. The lowest BCUT2D eigenvalue weighted by molar-refractivity contribution is 0.211. The largest absolute Gasteiger partial charge is 0.382 e. The molecule has 0 spiro atoms. The van der Waals surface area contributed by atoms with Crippen molar-refractivity contribution in [3.63, 3.8) is 0 Å². The van der Waals surface area contributed by atoms with Crippen LogP contribution in [0.1, 0.15) is 17.4 Å². The number of aryl methyl sites for hydroxylation is 1. The van der Waals surface area contributed by atoms with Crippen molar-refractivity contribution in [3.05, 3.63) is 58.6 Å². The zero-order valence-electron chi connectivity index (χ0n) is 8.69. The molecule has 0 radical (unpaired) electrons. The van der Waals surface area contributed by atoms with Gasteiger partial charge in [-0.2, -0.15) is 0 Å². The number of nitrogens with zero attached hydrogens (tertiary/aromatic N) is 1. The lowest BCUT2D eigenvalue weighted by atomic mass is 10.1. The molecule has 4 heteroatoms. The topological polar surface area (TPSA) is 25.2 Å². The molecule has 2 rings (SSSR count). The quantitative estimate of drug-likeness (QED) is 0.857. The van der Waals surface area contributed by atoms with Crippen LogP contribution in [0.5, 0.6) is 0 Å². The fourth-order valence-corrected chi connectivity index (χ4v) is 1.89. The first-order chi connectivity index (χ1) is 7.58. The summed E-state index contributed by atoms with van der Waals surface area (Å²) in [6.45, 7) is 0. The minimum atomic E-state index is -0.867. The van der Waals surface area contributed by atoms with E-state index in [1.54, 1.807) is 16.7 Å². The van der Waals surface area contributed by atoms with E-state index >= 15 is 0 Å². The molecule has 0 saturated heterocycles. The van der Waals surface area contributed by atoms with Crippen LogP contribution in [0.3, 0.4) is 0 Å². The maximum Gasteiger partial charge on any atom is 0.125 e. The summed E-state index contributed by atoms with van der Waals surface area (Å²) in [6, 6.07) is 7.65. The highest BCUT2D eigenvalue weighted by molar-refractivity contribution is 6.30. The number of hydrogen-bond acceptors (Lipinski definition) is 1. The molecule has 0 saturated carbocycles. The highest BCUT2D eigenvalue weighted by Gasteiger charge is 2.14. The van der Waals surface area contributed by atoms with Crippen molar-refractivity contribution in [2.45, 2.75) is 6.10 Å². The first-order valence-electron chi connectivity index (χ1n) is 4.83. The second-order valence-corrected chi connectivity index (χ2v) is 4.09. The highest BCUT2D eigenvalue weighted by atomic mass is 35.5. The fourth-order valence-electron chi connectivity index (χ4n) is 1.66. The molecule has 2 aromatic rings. The molecular weight excluding hydrogens is 229 g/mol. The summed E-state index contributed by atoms with van der Waals surface area (Å²) in [5.74, 6) is -0.448. The zero-order chi connectivity index (χ0) is 11.7. The normalized spacial score (nSPS) is 12.8. The summed E-state index contributed by atoms with van der Waals surface area (Å²) < 4.78 is 14.9. The van der Waals surface area contributed by atoms with Gasteiger partial charge in [0, 0.05) is 18.3 Å². The van der Waals surface area contributed by atoms with Crippen LogP contribution in [-0.4, -0.2) is 9.67 Å². The van der Waals surface area contributed by atoms with Crippen LogP contribution in [0.4, 0.5) is 4.39 Å². The van der Waals surface area contributed by atoms with Gasteiger partial charge < -0.3 is 9.67 Å². The molecule has 1 aromatic carbocycles. The fraction of sp³-hybridized carbons (Fsp3) is 0.167. The second kappa shape index (κ2) is 4.28. The molecule has 1 aromatic heterocycles. The third-order valence-corrected chi connectivity index (χ3v) is 2.68. The van der Waals surface area contributed by atoms with Gasteiger partial charge in [0.15, 0.2) is 0 Å². The molecule has 0 fully saturated rings. The van der Waals surface area contributed by atoms with Crippen molar-refractivity contribution in [1.29, 1.82) is 0 Å². The Morgan fingerprint density at radius 2 is 2.12 bits per heavy atom. The summed E-state index contributed by atoms with van der Waals surface area (Å²) in [7, 11) is 1.82. The van der Waals surface area contributed by atoms with E-state index in [1.165, 1.54) is 12.1 Å². The Hall–Kier alpha value is -1.32. The number of hydrogen-bond donors (Lipinski definition) is 1. The Bertz CT molecular complexity index is 489. The van der Waals surface area contributed by atoms with Crippen molar-refractivity contribution in [3.8, 4) is 0 Å². The molecule has 0 amide bonds. The maximum atomic E-state index is 13.1. The van der Waals surface area contributed by atoms with Gasteiger partial charge in [0.25, 0.3) is 0 Å². The molecule has 2 nitrogen and oxygen atoms in total. The van der Waals surface area contributed by atoms with E-state index in [9.17, 15) is 9.50 Å². The third-order valence-electron chi connectivity index (χ3n) is 2.46. The van der Waals surface area contributed by atoms with Gasteiger partial charge in [-0.3, -0.25) is 0 Å². The Kier molecular flexibility index (Phi) is 2.99. The van der Waals surface area contributed by atoms with Crippen LogP contribution in [0.25, 0.3) is 0 Å². The number of aromatic nitrogens is 1. The maximum absolute atomic E-state index is 13.1. The van der Waals surface area contributed by atoms with E-state index in [1.807, 2.05) is 19.3 Å². The molecule has 0 aliphatic rings. The van der Waals surface area contributed by atoms with Gasteiger partial charge in [0.05, 0.1) is 5.69 Å². The number of aliphatic hydroxyl groups excluding tert-OH is 1. The second-order valence-electron chi connectivity index (χ2n) is 3.65. The first-order valence-corrected chi connectivity index (χ1v) is 5.21. The molecule has 16 heavy (non-hydrogen) atoms. The molecule has 84 valence electrons. The minimum Gasteiger partial charge on any atom is -0.382 e. The van der Waals surface area contributed by atoms with Gasteiger partial charge in [-0.15, -0.1) is 0 Å².